The van der Waals surface area contributed by atoms with Crippen LogP contribution < -0.4 is 0 Å². The molecular formula is C14H18ClN3OS. The molecule has 20 heavy (non-hydrogen) atoms. The van der Waals surface area contributed by atoms with Gasteiger partial charge in [0.25, 0.3) is 0 Å². The van der Waals surface area contributed by atoms with Crippen molar-refractivity contribution in [1.29, 1.82) is 0 Å². The number of halogens is 1. The van der Waals surface area contributed by atoms with E-state index >= 15 is 0 Å². The van der Waals surface area contributed by atoms with Crippen LogP contribution in [0.15, 0.2) is 29.4 Å². The van der Waals surface area contributed by atoms with Gasteiger partial charge < -0.3 is 9.67 Å². The largest absolute Gasteiger partial charge is 0.396 e. The SMILES string of the molecule is Cn1c(SCCCCCO)nnc1-c1ccc(Cl)cc1. The number of aromatic nitrogens is 3. The summed E-state index contributed by atoms with van der Waals surface area (Å²) < 4.78 is 2.00. The molecule has 2 rings (SSSR count). The van der Waals surface area contributed by atoms with Gasteiger partial charge in [-0.15, -0.1) is 10.2 Å². The first-order valence-corrected chi connectivity index (χ1v) is 7.97. The van der Waals surface area contributed by atoms with Crippen molar-refractivity contribution in [3.8, 4) is 11.4 Å². The monoisotopic (exact) mass is 311 g/mol. The van der Waals surface area contributed by atoms with Crippen molar-refractivity contribution in [1.82, 2.24) is 14.8 Å². The molecule has 0 atom stereocenters. The lowest BCUT2D eigenvalue weighted by Gasteiger charge is -2.04. The molecule has 0 bridgehead atoms. The van der Waals surface area contributed by atoms with Crippen LogP contribution >= 0.6 is 23.4 Å². The van der Waals surface area contributed by atoms with Gasteiger partial charge in [0.2, 0.25) is 0 Å². The van der Waals surface area contributed by atoms with E-state index in [1.165, 1.54) is 0 Å². The predicted octanol–water partition coefficient (Wildman–Crippen LogP) is 3.39. The first-order valence-electron chi connectivity index (χ1n) is 6.61. The molecule has 1 N–H and O–H groups in total. The summed E-state index contributed by atoms with van der Waals surface area (Å²) in [6.07, 6.45) is 3.00. The average Bonchev–Trinajstić information content (AvgIpc) is 2.81. The van der Waals surface area contributed by atoms with E-state index in [0.29, 0.717) is 0 Å². The van der Waals surface area contributed by atoms with Crippen molar-refractivity contribution < 1.29 is 5.11 Å². The Morgan fingerprint density at radius 2 is 1.90 bits per heavy atom. The zero-order chi connectivity index (χ0) is 14.4. The van der Waals surface area contributed by atoms with E-state index in [2.05, 4.69) is 10.2 Å². The molecule has 108 valence electrons. The fourth-order valence-electron chi connectivity index (χ4n) is 1.85. The molecule has 0 aliphatic carbocycles. The smallest absolute Gasteiger partial charge is 0.191 e. The maximum atomic E-state index is 8.73. The standard InChI is InChI=1S/C14H18ClN3OS/c1-18-13(11-5-7-12(15)8-6-11)16-17-14(18)20-10-4-2-3-9-19/h5-8,19H,2-4,9-10H2,1H3. The molecule has 2 aromatic rings. The minimum absolute atomic E-state index is 0.273. The summed E-state index contributed by atoms with van der Waals surface area (Å²) in [7, 11) is 1.97. The molecule has 0 fully saturated rings. The number of nitrogens with zero attached hydrogens (tertiary/aromatic N) is 3. The van der Waals surface area contributed by atoms with Gasteiger partial charge in [-0.3, -0.25) is 0 Å². The molecule has 1 heterocycles. The normalized spacial score (nSPS) is 10.9. The lowest BCUT2D eigenvalue weighted by molar-refractivity contribution is 0.284. The number of aliphatic hydroxyl groups is 1. The van der Waals surface area contributed by atoms with Crippen LogP contribution in [-0.2, 0) is 7.05 Å². The molecule has 0 aliphatic heterocycles. The van der Waals surface area contributed by atoms with E-state index in [4.69, 9.17) is 16.7 Å². The first kappa shape index (κ1) is 15.4. The Labute approximate surface area is 128 Å². The Balaban J connectivity index is 1.98. The molecular weight excluding hydrogens is 294 g/mol. The summed E-state index contributed by atoms with van der Waals surface area (Å²) in [5.74, 6) is 1.84. The van der Waals surface area contributed by atoms with Gasteiger partial charge >= 0.3 is 0 Å². The van der Waals surface area contributed by atoms with E-state index in [0.717, 1.165) is 46.6 Å². The molecule has 0 saturated carbocycles. The third-order valence-electron chi connectivity index (χ3n) is 2.97. The third-order valence-corrected chi connectivity index (χ3v) is 4.33. The molecule has 6 heteroatoms. The summed E-state index contributed by atoms with van der Waals surface area (Å²) in [4.78, 5) is 0. The van der Waals surface area contributed by atoms with E-state index in [9.17, 15) is 0 Å². The highest BCUT2D eigenvalue weighted by Gasteiger charge is 2.10. The lowest BCUT2D eigenvalue weighted by atomic mass is 10.2. The Hall–Kier alpha value is -1.04. The van der Waals surface area contributed by atoms with Gasteiger partial charge in [-0.2, -0.15) is 0 Å². The maximum absolute atomic E-state index is 8.73. The second-order valence-electron chi connectivity index (χ2n) is 4.50. The number of benzene rings is 1. The Morgan fingerprint density at radius 1 is 1.15 bits per heavy atom. The predicted molar refractivity (Wildman–Crippen MR) is 83.1 cm³/mol. The van der Waals surface area contributed by atoms with E-state index in [-0.39, 0.29) is 6.61 Å². The van der Waals surface area contributed by atoms with Crippen LogP contribution in [0.3, 0.4) is 0 Å². The van der Waals surface area contributed by atoms with Crippen LogP contribution in [-0.4, -0.2) is 32.2 Å². The van der Waals surface area contributed by atoms with Gasteiger partial charge in [0.05, 0.1) is 0 Å². The Bertz CT molecular complexity index is 542. The molecule has 0 amide bonds. The van der Waals surface area contributed by atoms with Crippen LogP contribution in [0.4, 0.5) is 0 Å². The quantitative estimate of drug-likeness (QED) is 0.629. The number of aliphatic hydroxyl groups excluding tert-OH is 1. The van der Waals surface area contributed by atoms with Crippen LogP contribution in [0.2, 0.25) is 5.02 Å². The summed E-state index contributed by atoms with van der Waals surface area (Å²) in [5.41, 5.74) is 1.01. The van der Waals surface area contributed by atoms with Crippen LogP contribution in [0, 0.1) is 0 Å². The summed E-state index contributed by atoms with van der Waals surface area (Å²) >= 11 is 7.59. The van der Waals surface area contributed by atoms with Gasteiger partial charge in [0, 0.05) is 30.0 Å². The topological polar surface area (TPSA) is 50.9 Å². The number of hydrogen-bond acceptors (Lipinski definition) is 4. The molecule has 0 aliphatic rings. The van der Waals surface area contributed by atoms with Crippen molar-refractivity contribution in [3.05, 3.63) is 29.3 Å². The Morgan fingerprint density at radius 3 is 2.60 bits per heavy atom. The zero-order valence-electron chi connectivity index (χ0n) is 11.4. The van der Waals surface area contributed by atoms with Crippen molar-refractivity contribution in [2.75, 3.05) is 12.4 Å². The number of unbranched alkanes of at least 4 members (excludes halogenated alkanes) is 2. The van der Waals surface area contributed by atoms with Gasteiger partial charge in [0.1, 0.15) is 0 Å². The van der Waals surface area contributed by atoms with Gasteiger partial charge in [0.15, 0.2) is 11.0 Å². The second kappa shape index (κ2) is 7.67. The van der Waals surface area contributed by atoms with Crippen molar-refractivity contribution in [2.45, 2.75) is 24.4 Å². The summed E-state index contributed by atoms with van der Waals surface area (Å²) in [6, 6.07) is 7.60. The lowest BCUT2D eigenvalue weighted by Crippen LogP contribution is -1.95. The maximum Gasteiger partial charge on any atom is 0.191 e. The third kappa shape index (κ3) is 3.98. The van der Waals surface area contributed by atoms with Gasteiger partial charge in [-0.1, -0.05) is 29.8 Å². The number of rotatable bonds is 7. The highest BCUT2D eigenvalue weighted by atomic mass is 35.5. The highest BCUT2D eigenvalue weighted by Crippen LogP contribution is 2.24. The van der Waals surface area contributed by atoms with Crippen LogP contribution in [0.5, 0.6) is 0 Å². The fourth-order valence-corrected chi connectivity index (χ4v) is 2.88. The summed E-state index contributed by atoms with van der Waals surface area (Å²) in [6.45, 7) is 0.273. The summed E-state index contributed by atoms with van der Waals surface area (Å²) in [5, 5.41) is 18.8. The highest BCUT2D eigenvalue weighted by molar-refractivity contribution is 7.99. The number of thioether (sulfide) groups is 1. The zero-order valence-corrected chi connectivity index (χ0v) is 13.0. The van der Waals surface area contributed by atoms with Gasteiger partial charge in [-0.25, -0.2) is 0 Å². The van der Waals surface area contributed by atoms with Crippen molar-refractivity contribution in [2.24, 2.45) is 7.05 Å². The van der Waals surface area contributed by atoms with Crippen LogP contribution in [0.25, 0.3) is 11.4 Å². The molecule has 0 saturated heterocycles. The first-order chi connectivity index (χ1) is 9.72. The number of hydrogen-bond donors (Lipinski definition) is 1. The second-order valence-corrected chi connectivity index (χ2v) is 6.00. The van der Waals surface area contributed by atoms with Gasteiger partial charge in [-0.05, 0) is 37.1 Å². The average molecular weight is 312 g/mol. The van der Waals surface area contributed by atoms with Crippen molar-refractivity contribution >= 4 is 23.4 Å². The fraction of sp³-hybridized carbons (Fsp3) is 0.429. The molecule has 1 aromatic carbocycles. The molecule has 0 spiro atoms. The minimum atomic E-state index is 0.273. The molecule has 1 aromatic heterocycles. The van der Waals surface area contributed by atoms with E-state index in [1.807, 2.05) is 35.9 Å². The van der Waals surface area contributed by atoms with E-state index < -0.39 is 0 Å². The molecule has 0 unspecified atom stereocenters. The molecule has 4 nitrogen and oxygen atoms in total. The van der Waals surface area contributed by atoms with Crippen LogP contribution in [0.1, 0.15) is 19.3 Å². The molecule has 0 radical (unpaired) electrons. The minimum Gasteiger partial charge on any atom is -0.396 e. The van der Waals surface area contributed by atoms with Crippen molar-refractivity contribution in [3.63, 3.8) is 0 Å². The Kier molecular flexibility index (Phi) is 5.88. The van der Waals surface area contributed by atoms with E-state index in [1.54, 1.807) is 11.8 Å².